The highest BCUT2D eigenvalue weighted by atomic mass is 16.5. The van der Waals surface area contributed by atoms with E-state index in [1.165, 1.54) is 17.7 Å². The summed E-state index contributed by atoms with van der Waals surface area (Å²) in [6, 6.07) is 1.80. The Balaban J connectivity index is 1.26. The maximum Gasteiger partial charge on any atom is 0.244 e. The number of likely N-dealkylation sites (N-methyl/N-ethyl adjacent to an activating group) is 1. The fourth-order valence-electron chi connectivity index (χ4n) is 5.67. The highest BCUT2D eigenvalue weighted by Gasteiger charge is 2.53. The summed E-state index contributed by atoms with van der Waals surface area (Å²) in [4.78, 5) is 29.9. The molecule has 9 heteroatoms. The van der Waals surface area contributed by atoms with Crippen LogP contribution in [0.5, 0.6) is 0 Å². The third kappa shape index (κ3) is 3.45. The zero-order chi connectivity index (χ0) is 22.7. The molecule has 0 spiro atoms. The zero-order valence-electron chi connectivity index (χ0n) is 19.5. The van der Waals surface area contributed by atoms with Crippen LogP contribution < -0.4 is 4.90 Å². The quantitative estimate of drug-likeness (QED) is 0.621. The second-order valence-electron chi connectivity index (χ2n) is 10.1. The van der Waals surface area contributed by atoms with E-state index in [0.717, 1.165) is 61.0 Å². The molecule has 3 aromatic rings. The minimum absolute atomic E-state index is 0.0779. The average molecular weight is 450 g/mol. The summed E-state index contributed by atoms with van der Waals surface area (Å²) in [5.41, 5.74) is 6.10. The molecule has 2 N–H and O–H groups in total. The zero-order valence-corrected chi connectivity index (χ0v) is 19.5. The van der Waals surface area contributed by atoms with Gasteiger partial charge in [-0.2, -0.15) is 5.10 Å². The lowest BCUT2D eigenvalue weighted by atomic mass is 9.88. The highest BCUT2D eigenvalue weighted by Crippen LogP contribution is 2.59. The third-order valence-electron chi connectivity index (χ3n) is 7.95. The van der Waals surface area contributed by atoms with E-state index in [9.17, 15) is 4.79 Å². The van der Waals surface area contributed by atoms with Crippen molar-refractivity contribution < 1.29 is 9.53 Å². The molecule has 0 radical (unpaired) electrons. The molecule has 0 unspecified atom stereocenters. The summed E-state index contributed by atoms with van der Waals surface area (Å²) in [6.07, 6.45) is 5.91. The second-order valence-corrected chi connectivity index (χ2v) is 10.1. The van der Waals surface area contributed by atoms with Gasteiger partial charge in [0, 0.05) is 31.4 Å². The van der Waals surface area contributed by atoms with Gasteiger partial charge in [-0.15, -0.1) is 0 Å². The van der Waals surface area contributed by atoms with Crippen LogP contribution in [0.3, 0.4) is 0 Å². The Bertz CT molecular complexity index is 1210. The van der Waals surface area contributed by atoms with Crippen molar-refractivity contribution in [1.82, 2.24) is 30.0 Å². The van der Waals surface area contributed by atoms with Crippen molar-refractivity contribution in [3.05, 3.63) is 23.5 Å². The van der Waals surface area contributed by atoms with Gasteiger partial charge in [0.2, 0.25) is 5.91 Å². The molecule has 1 amide bonds. The molecule has 3 atom stereocenters. The maximum atomic E-state index is 13.3. The summed E-state index contributed by atoms with van der Waals surface area (Å²) < 4.78 is 5.45. The molecular formula is C24H31N7O2. The van der Waals surface area contributed by atoms with E-state index >= 15 is 0 Å². The summed E-state index contributed by atoms with van der Waals surface area (Å²) >= 11 is 0. The van der Waals surface area contributed by atoms with Crippen LogP contribution in [0.4, 0.5) is 5.69 Å². The molecule has 33 heavy (non-hydrogen) atoms. The molecule has 174 valence electrons. The minimum atomic E-state index is -0.157. The largest absolute Gasteiger partial charge is 0.379 e. The molecule has 1 saturated carbocycles. The van der Waals surface area contributed by atoms with Gasteiger partial charge in [0.05, 0.1) is 36.7 Å². The number of carbonyl (C=O) groups excluding carboxylic acids is 1. The van der Waals surface area contributed by atoms with Crippen LogP contribution in [0.1, 0.15) is 37.9 Å². The number of hydrogen-bond donors (Lipinski definition) is 2. The van der Waals surface area contributed by atoms with Gasteiger partial charge in [0.25, 0.3) is 0 Å². The number of carbonyl (C=O) groups is 1. The van der Waals surface area contributed by atoms with Crippen LogP contribution in [0.15, 0.2) is 12.3 Å². The van der Waals surface area contributed by atoms with Gasteiger partial charge >= 0.3 is 0 Å². The Morgan fingerprint density at radius 2 is 2.21 bits per heavy atom. The Morgan fingerprint density at radius 3 is 3.00 bits per heavy atom. The fraction of sp³-hybridized carbons (Fsp3) is 0.583. The predicted octanol–water partition coefficient (Wildman–Crippen LogP) is 2.55. The summed E-state index contributed by atoms with van der Waals surface area (Å²) in [7, 11) is 1.82. The predicted molar refractivity (Wildman–Crippen MR) is 125 cm³/mol. The molecule has 6 rings (SSSR count). The molecule has 2 fully saturated rings. The molecular weight excluding hydrogens is 418 g/mol. The smallest absolute Gasteiger partial charge is 0.244 e. The number of aromatic amines is 2. The van der Waals surface area contributed by atoms with Crippen molar-refractivity contribution in [1.29, 1.82) is 0 Å². The Morgan fingerprint density at radius 1 is 1.39 bits per heavy atom. The van der Waals surface area contributed by atoms with Crippen molar-refractivity contribution in [2.45, 2.75) is 45.6 Å². The summed E-state index contributed by atoms with van der Waals surface area (Å²) in [6.45, 7) is 7.35. The monoisotopic (exact) mass is 449 g/mol. The van der Waals surface area contributed by atoms with Gasteiger partial charge < -0.3 is 14.6 Å². The van der Waals surface area contributed by atoms with Crippen molar-refractivity contribution >= 4 is 22.8 Å². The van der Waals surface area contributed by atoms with E-state index in [2.05, 4.69) is 38.9 Å². The fourth-order valence-corrected chi connectivity index (χ4v) is 5.67. The van der Waals surface area contributed by atoms with Gasteiger partial charge in [0.1, 0.15) is 5.69 Å². The highest BCUT2D eigenvalue weighted by molar-refractivity contribution is 5.97. The van der Waals surface area contributed by atoms with Crippen molar-refractivity contribution in [2.24, 2.45) is 11.3 Å². The normalized spacial score (nSPS) is 25.5. The van der Waals surface area contributed by atoms with Crippen molar-refractivity contribution in [3.8, 4) is 11.5 Å². The van der Waals surface area contributed by atoms with E-state index in [1.807, 2.05) is 13.1 Å². The number of imidazole rings is 1. The number of hydrogen-bond acceptors (Lipinski definition) is 6. The first kappa shape index (κ1) is 20.8. The number of amides is 1. The lowest BCUT2D eigenvalue weighted by Crippen LogP contribution is -2.51. The van der Waals surface area contributed by atoms with Crippen LogP contribution in [-0.2, 0) is 22.4 Å². The second kappa shape index (κ2) is 7.63. The Kier molecular flexibility index (Phi) is 4.81. The Labute approximate surface area is 192 Å². The first-order chi connectivity index (χ1) is 16.0. The first-order valence-electron chi connectivity index (χ1n) is 12.0. The number of ether oxygens (including phenoxy) is 1. The van der Waals surface area contributed by atoms with E-state index in [1.54, 1.807) is 11.1 Å². The SMILES string of the molecule is CC[C@@H](C(=O)N(C)c1cnc2nc(-c3n[nH]c4c3C[C@@H]3C[C@]3(C)C4)[nH]c2c1)N1CCOCC1. The maximum absolute atomic E-state index is 13.3. The van der Waals surface area contributed by atoms with Crippen LogP contribution in [0, 0.1) is 11.3 Å². The van der Waals surface area contributed by atoms with E-state index in [0.29, 0.717) is 24.3 Å². The van der Waals surface area contributed by atoms with Gasteiger partial charge in [-0.3, -0.25) is 14.8 Å². The van der Waals surface area contributed by atoms with E-state index in [-0.39, 0.29) is 11.9 Å². The van der Waals surface area contributed by atoms with Crippen molar-refractivity contribution in [2.75, 3.05) is 38.3 Å². The molecule has 0 aromatic carbocycles. The topological polar surface area (TPSA) is 103 Å². The number of aromatic nitrogens is 5. The van der Waals surface area contributed by atoms with Crippen LogP contribution >= 0.6 is 0 Å². The summed E-state index contributed by atoms with van der Waals surface area (Å²) in [5.74, 6) is 1.58. The van der Waals surface area contributed by atoms with E-state index < -0.39 is 0 Å². The number of rotatable bonds is 5. The van der Waals surface area contributed by atoms with Gasteiger partial charge in [0.15, 0.2) is 11.5 Å². The molecule has 1 saturated heterocycles. The lowest BCUT2D eigenvalue weighted by molar-refractivity contribution is -0.125. The first-order valence-corrected chi connectivity index (χ1v) is 12.0. The van der Waals surface area contributed by atoms with Gasteiger partial charge in [-0.05, 0) is 43.1 Å². The van der Waals surface area contributed by atoms with E-state index in [4.69, 9.17) is 9.72 Å². The lowest BCUT2D eigenvalue weighted by Gasteiger charge is -2.35. The standard InChI is InChI=1S/C24H31N7O2/c1-4-19(31-5-7-33-8-6-31)23(32)30(3)15-10-17-21(25-13-15)27-22(26-17)20-16-9-14-11-24(14,2)12-18(16)28-29-20/h10,13-14,19H,4-9,11-12H2,1-3H3,(H,28,29)(H,25,26,27)/t14-,19+,24-/m1/s1. The number of nitrogens with zero attached hydrogens (tertiary/aromatic N) is 5. The van der Waals surface area contributed by atoms with Crippen molar-refractivity contribution in [3.63, 3.8) is 0 Å². The molecule has 3 aromatic heterocycles. The van der Waals surface area contributed by atoms with Gasteiger partial charge in [-0.25, -0.2) is 9.97 Å². The van der Waals surface area contributed by atoms with Gasteiger partial charge in [-0.1, -0.05) is 13.8 Å². The molecule has 3 aliphatic rings. The molecule has 9 nitrogen and oxygen atoms in total. The van der Waals surface area contributed by atoms with Crippen LogP contribution in [0.2, 0.25) is 0 Å². The minimum Gasteiger partial charge on any atom is -0.379 e. The number of H-pyrrole nitrogens is 2. The van der Waals surface area contributed by atoms with Crippen LogP contribution in [0.25, 0.3) is 22.7 Å². The molecule has 0 bridgehead atoms. The molecule has 2 aliphatic carbocycles. The number of pyridine rings is 1. The summed E-state index contributed by atoms with van der Waals surface area (Å²) in [5, 5.41) is 7.84. The third-order valence-corrected chi connectivity index (χ3v) is 7.95. The van der Waals surface area contributed by atoms with Crippen LogP contribution in [-0.4, -0.2) is 75.3 Å². The molecule has 1 aliphatic heterocycles. The number of fused-ring (bicyclic) bond motifs is 3. The average Bonchev–Trinajstić information content (AvgIpc) is 3.12. The Hall–Kier alpha value is -2.78. The molecule has 4 heterocycles. The number of morpholine rings is 1. The number of anilines is 1. The number of nitrogens with one attached hydrogen (secondary N) is 2.